The van der Waals surface area contributed by atoms with E-state index in [9.17, 15) is 0 Å². The molecule has 0 saturated carbocycles. The molecule has 2 aromatic rings. The number of aromatic nitrogens is 1. The van der Waals surface area contributed by atoms with E-state index < -0.39 is 0 Å². The number of rotatable bonds is 3. The first-order valence-electron chi connectivity index (χ1n) is 5.88. The van der Waals surface area contributed by atoms with Crippen molar-refractivity contribution in [1.82, 2.24) is 4.57 Å². The predicted molar refractivity (Wildman–Crippen MR) is 69.6 cm³/mol. The third-order valence-electron chi connectivity index (χ3n) is 3.15. The molecule has 1 aromatic heterocycles. The van der Waals surface area contributed by atoms with Crippen LogP contribution in [0.15, 0.2) is 24.4 Å². The number of hydrogen-bond acceptors (Lipinski definition) is 1. The van der Waals surface area contributed by atoms with E-state index in [1.54, 1.807) is 0 Å². The van der Waals surface area contributed by atoms with E-state index >= 15 is 0 Å². The molecule has 0 amide bonds. The van der Waals surface area contributed by atoms with Crippen molar-refractivity contribution in [2.45, 2.75) is 32.7 Å². The van der Waals surface area contributed by atoms with Gasteiger partial charge in [-0.2, -0.15) is 0 Å². The molecule has 0 spiro atoms. The minimum Gasteiger partial charge on any atom is -0.350 e. The molecule has 0 fully saturated rings. The average molecular weight is 216 g/mol. The lowest BCUT2D eigenvalue weighted by Crippen LogP contribution is -2.15. The van der Waals surface area contributed by atoms with Gasteiger partial charge in [-0.25, -0.2) is 0 Å². The summed E-state index contributed by atoms with van der Waals surface area (Å²) in [6.45, 7) is 4.23. The largest absolute Gasteiger partial charge is 0.350 e. The Labute approximate surface area is 97.1 Å². The van der Waals surface area contributed by atoms with E-state index in [0.717, 1.165) is 12.8 Å². The number of fused-ring (bicyclic) bond motifs is 1. The van der Waals surface area contributed by atoms with Crippen molar-refractivity contribution < 1.29 is 0 Å². The van der Waals surface area contributed by atoms with Crippen molar-refractivity contribution in [2.75, 3.05) is 0 Å². The van der Waals surface area contributed by atoms with E-state index in [4.69, 9.17) is 5.73 Å². The molecule has 0 aliphatic heterocycles. The van der Waals surface area contributed by atoms with E-state index in [1.165, 1.54) is 22.0 Å². The van der Waals surface area contributed by atoms with Gasteiger partial charge in [0.2, 0.25) is 0 Å². The van der Waals surface area contributed by atoms with Gasteiger partial charge in [0.25, 0.3) is 0 Å². The van der Waals surface area contributed by atoms with Gasteiger partial charge < -0.3 is 10.3 Å². The third-order valence-corrected chi connectivity index (χ3v) is 3.15. The maximum absolute atomic E-state index is 5.81. The molecule has 1 heterocycles. The van der Waals surface area contributed by atoms with Gasteiger partial charge >= 0.3 is 0 Å². The highest BCUT2D eigenvalue weighted by Gasteiger charge is 2.08. The topological polar surface area (TPSA) is 30.9 Å². The summed E-state index contributed by atoms with van der Waals surface area (Å²) in [6.07, 6.45) is 4.35. The summed E-state index contributed by atoms with van der Waals surface area (Å²) < 4.78 is 2.22. The first kappa shape index (κ1) is 11.2. The maximum atomic E-state index is 5.81. The lowest BCUT2D eigenvalue weighted by Gasteiger charge is -2.03. The van der Waals surface area contributed by atoms with Crippen LogP contribution in [-0.4, -0.2) is 10.6 Å². The van der Waals surface area contributed by atoms with Crippen LogP contribution in [0.1, 0.15) is 24.5 Å². The zero-order valence-corrected chi connectivity index (χ0v) is 10.3. The van der Waals surface area contributed by atoms with Crippen LogP contribution in [0.3, 0.4) is 0 Å². The number of nitrogens with zero attached hydrogens (tertiary/aromatic N) is 1. The molecule has 1 aromatic carbocycles. The number of nitrogens with two attached hydrogens (primary N) is 1. The number of hydrogen-bond donors (Lipinski definition) is 1. The molecule has 2 nitrogen and oxygen atoms in total. The maximum Gasteiger partial charge on any atom is 0.0510 e. The third kappa shape index (κ3) is 1.98. The van der Waals surface area contributed by atoms with Crippen molar-refractivity contribution in [3.05, 3.63) is 35.5 Å². The number of benzene rings is 1. The molecule has 16 heavy (non-hydrogen) atoms. The van der Waals surface area contributed by atoms with Crippen molar-refractivity contribution in [2.24, 2.45) is 12.8 Å². The standard InChI is InChI=1S/C14H20N2/c1-10-5-4-6-13-12(8-7-11(2)15)9-16(3)14(10)13/h4-6,9,11H,7-8,15H2,1-3H3/t11-/m1/s1. The molecule has 2 rings (SSSR count). The van der Waals surface area contributed by atoms with Crippen LogP contribution in [0.4, 0.5) is 0 Å². The lowest BCUT2D eigenvalue weighted by molar-refractivity contribution is 0.667. The summed E-state index contributed by atoms with van der Waals surface area (Å²) >= 11 is 0. The van der Waals surface area contributed by atoms with Crippen molar-refractivity contribution in [3.8, 4) is 0 Å². The fourth-order valence-electron chi connectivity index (χ4n) is 2.34. The highest BCUT2D eigenvalue weighted by molar-refractivity contribution is 5.86. The first-order valence-corrected chi connectivity index (χ1v) is 5.88. The Balaban J connectivity index is 2.43. The molecule has 0 aliphatic carbocycles. The molecule has 0 unspecified atom stereocenters. The Bertz CT molecular complexity index is 495. The summed E-state index contributed by atoms with van der Waals surface area (Å²) in [7, 11) is 2.12. The van der Waals surface area contributed by atoms with Crippen molar-refractivity contribution in [1.29, 1.82) is 0 Å². The second-order valence-corrected chi connectivity index (χ2v) is 4.75. The average Bonchev–Trinajstić information content (AvgIpc) is 2.54. The fourth-order valence-corrected chi connectivity index (χ4v) is 2.34. The normalized spacial score (nSPS) is 13.2. The highest BCUT2D eigenvalue weighted by Crippen LogP contribution is 2.24. The fraction of sp³-hybridized carbons (Fsp3) is 0.429. The van der Waals surface area contributed by atoms with E-state index in [1.807, 2.05) is 0 Å². The molecule has 1 atom stereocenters. The van der Waals surface area contributed by atoms with Gasteiger partial charge in [0.05, 0.1) is 5.52 Å². The zero-order valence-electron chi connectivity index (χ0n) is 10.3. The molecular weight excluding hydrogens is 196 g/mol. The van der Waals surface area contributed by atoms with Crippen LogP contribution >= 0.6 is 0 Å². The van der Waals surface area contributed by atoms with Crippen molar-refractivity contribution >= 4 is 10.9 Å². The quantitative estimate of drug-likeness (QED) is 0.840. The number of aryl methyl sites for hydroxylation is 3. The van der Waals surface area contributed by atoms with Crippen LogP contribution in [0.2, 0.25) is 0 Å². The summed E-state index contributed by atoms with van der Waals surface area (Å²) in [4.78, 5) is 0. The Kier molecular flexibility index (Phi) is 3.01. The Morgan fingerprint density at radius 3 is 2.81 bits per heavy atom. The molecular formula is C14H20N2. The van der Waals surface area contributed by atoms with Crippen LogP contribution in [0.5, 0.6) is 0 Å². The summed E-state index contributed by atoms with van der Waals surface area (Å²) in [5.74, 6) is 0. The molecule has 2 heteroatoms. The van der Waals surface area contributed by atoms with E-state index in [0.29, 0.717) is 0 Å². The van der Waals surface area contributed by atoms with E-state index in [2.05, 4.69) is 49.9 Å². The van der Waals surface area contributed by atoms with Gasteiger partial charge in [-0.05, 0) is 37.8 Å². The second kappa shape index (κ2) is 4.30. The van der Waals surface area contributed by atoms with Gasteiger partial charge in [0, 0.05) is 24.7 Å². The SMILES string of the molecule is Cc1cccc2c(CC[C@@H](C)N)cn(C)c12. The zero-order chi connectivity index (χ0) is 11.7. The van der Waals surface area contributed by atoms with Crippen LogP contribution < -0.4 is 5.73 Å². The minimum atomic E-state index is 0.278. The Hall–Kier alpha value is -1.28. The lowest BCUT2D eigenvalue weighted by atomic mass is 10.0. The molecule has 0 radical (unpaired) electrons. The van der Waals surface area contributed by atoms with Gasteiger partial charge in [-0.1, -0.05) is 18.2 Å². The Morgan fingerprint density at radius 2 is 2.12 bits per heavy atom. The number of para-hydroxylation sites is 1. The first-order chi connectivity index (χ1) is 7.59. The van der Waals surface area contributed by atoms with Gasteiger partial charge in [-0.3, -0.25) is 0 Å². The monoisotopic (exact) mass is 216 g/mol. The second-order valence-electron chi connectivity index (χ2n) is 4.75. The molecule has 0 aliphatic rings. The minimum absolute atomic E-state index is 0.278. The van der Waals surface area contributed by atoms with Crippen molar-refractivity contribution in [3.63, 3.8) is 0 Å². The van der Waals surface area contributed by atoms with Gasteiger partial charge in [0.1, 0.15) is 0 Å². The Morgan fingerprint density at radius 1 is 1.38 bits per heavy atom. The van der Waals surface area contributed by atoms with Crippen LogP contribution in [0.25, 0.3) is 10.9 Å². The predicted octanol–water partition coefficient (Wildman–Crippen LogP) is 2.77. The smallest absolute Gasteiger partial charge is 0.0510 e. The van der Waals surface area contributed by atoms with Crippen LogP contribution in [-0.2, 0) is 13.5 Å². The van der Waals surface area contributed by atoms with Gasteiger partial charge in [0.15, 0.2) is 0 Å². The highest BCUT2D eigenvalue weighted by atomic mass is 14.9. The molecule has 2 N–H and O–H groups in total. The van der Waals surface area contributed by atoms with E-state index in [-0.39, 0.29) is 6.04 Å². The summed E-state index contributed by atoms with van der Waals surface area (Å²) in [5.41, 5.74) is 9.92. The van der Waals surface area contributed by atoms with Gasteiger partial charge in [-0.15, -0.1) is 0 Å². The molecule has 86 valence electrons. The van der Waals surface area contributed by atoms with Crippen LogP contribution in [0, 0.1) is 6.92 Å². The molecule has 0 bridgehead atoms. The molecule has 0 saturated heterocycles. The summed E-state index contributed by atoms with van der Waals surface area (Å²) in [5, 5.41) is 1.38. The summed E-state index contributed by atoms with van der Waals surface area (Å²) in [6, 6.07) is 6.78.